The van der Waals surface area contributed by atoms with Crippen molar-refractivity contribution in [2.75, 3.05) is 6.26 Å². The average Bonchev–Trinajstić information content (AvgIpc) is 3.22. The Morgan fingerprint density at radius 3 is 3.08 bits per heavy atom. The maximum Gasteiger partial charge on any atom is 0.331 e. The zero-order chi connectivity index (χ0) is 17.2. The van der Waals surface area contributed by atoms with Crippen LogP contribution in [0.25, 0.3) is 6.08 Å². The number of nitrogens with zero attached hydrogens (tertiary/aromatic N) is 2. The van der Waals surface area contributed by atoms with Crippen LogP contribution in [0.1, 0.15) is 21.7 Å². The summed E-state index contributed by atoms with van der Waals surface area (Å²) in [6, 6.07) is 2.11. The van der Waals surface area contributed by atoms with Crippen molar-refractivity contribution < 1.29 is 14.6 Å². The highest BCUT2D eigenvalue weighted by Gasteiger charge is 2.36. The molecule has 8 heteroatoms. The number of aryl methyl sites for hydroxylation is 1. The van der Waals surface area contributed by atoms with Gasteiger partial charge in [-0.3, -0.25) is 0 Å². The second-order valence-electron chi connectivity index (χ2n) is 5.38. The highest BCUT2D eigenvalue weighted by Crippen LogP contribution is 2.44. The first-order valence-electron chi connectivity index (χ1n) is 7.27. The van der Waals surface area contributed by atoms with Gasteiger partial charge in [0, 0.05) is 22.8 Å². The van der Waals surface area contributed by atoms with E-state index in [-0.39, 0.29) is 0 Å². The van der Waals surface area contributed by atoms with Crippen LogP contribution in [-0.4, -0.2) is 32.4 Å². The molecule has 0 amide bonds. The molecule has 2 aromatic rings. The number of thioether (sulfide) groups is 1. The molecule has 1 aliphatic rings. The molecule has 1 atom stereocenters. The van der Waals surface area contributed by atoms with Crippen LogP contribution in [0.3, 0.4) is 0 Å². The van der Waals surface area contributed by atoms with Gasteiger partial charge in [0.2, 0.25) is 4.93 Å². The number of hydrogen-bond acceptors (Lipinski definition) is 6. The van der Waals surface area contributed by atoms with E-state index in [1.165, 1.54) is 5.55 Å². The van der Waals surface area contributed by atoms with Crippen molar-refractivity contribution >= 4 is 52.9 Å². The highest BCUT2D eigenvalue weighted by atomic mass is 32.2. The average molecular weight is 381 g/mol. The first kappa shape index (κ1) is 17.2. The van der Waals surface area contributed by atoms with Crippen molar-refractivity contribution in [2.45, 2.75) is 24.3 Å². The summed E-state index contributed by atoms with van der Waals surface area (Å²) in [4.78, 5) is 16.7. The minimum Gasteiger partial charge on any atom is -0.478 e. The number of aromatic nitrogens is 2. The molecule has 0 aliphatic heterocycles. The predicted octanol–water partition coefficient (Wildman–Crippen LogP) is 3.55. The van der Waals surface area contributed by atoms with E-state index in [2.05, 4.69) is 11.1 Å². The molecule has 126 valence electrons. The zero-order valence-corrected chi connectivity index (χ0v) is 15.4. The van der Waals surface area contributed by atoms with E-state index in [4.69, 9.17) is 17.0 Å². The number of rotatable bonds is 7. The monoisotopic (exact) mass is 380 g/mol. The lowest BCUT2D eigenvalue weighted by atomic mass is 9.98. The third kappa shape index (κ3) is 3.26. The number of thiocarbonyl (C=S) groups is 1. The Morgan fingerprint density at radius 1 is 1.62 bits per heavy atom. The van der Waals surface area contributed by atoms with Gasteiger partial charge in [-0.15, -0.1) is 23.1 Å². The number of thiophene rings is 1. The van der Waals surface area contributed by atoms with E-state index >= 15 is 0 Å². The quantitative estimate of drug-likeness (QED) is 0.585. The number of carboxylic acid groups (broad SMARTS) is 1. The topological polar surface area (TPSA) is 64.4 Å². The third-order valence-electron chi connectivity index (χ3n) is 3.98. The summed E-state index contributed by atoms with van der Waals surface area (Å²) < 4.78 is 7.82. The van der Waals surface area contributed by atoms with Crippen LogP contribution in [-0.2, 0) is 27.4 Å². The molecule has 0 saturated heterocycles. The molecule has 0 aromatic carbocycles. The molecular weight excluding hydrogens is 364 g/mol. The molecule has 3 rings (SSSR count). The molecule has 1 unspecified atom stereocenters. The minimum absolute atomic E-state index is 0.455. The number of hydrogen-bond donors (Lipinski definition) is 1. The van der Waals surface area contributed by atoms with Crippen molar-refractivity contribution in [2.24, 2.45) is 0 Å². The standard InChI is InChI=1S/C16H16N2O3S3/c1-23-16(21-10-22,8-18-5-4-17-9-18)14-7-11-2-3-12(15(19)20)6-13(11)24-14/h4-7,9-10H,2-3,8H2,1H3,(H,19,20). The molecule has 0 bridgehead atoms. The largest absolute Gasteiger partial charge is 0.478 e. The molecule has 0 saturated carbocycles. The van der Waals surface area contributed by atoms with Gasteiger partial charge in [-0.1, -0.05) is 0 Å². The summed E-state index contributed by atoms with van der Waals surface area (Å²) in [6.45, 7) is 0.566. The Balaban J connectivity index is 2.00. The Bertz CT molecular complexity index is 783. The molecular formula is C16H16N2O3S3. The smallest absolute Gasteiger partial charge is 0.331 e. The molecule has 1 aliphatic carbocycles. The van der Waals surface area contributed by atoms with Gasteiger partial charge in [0.15, 0.2) is 0 Å². The van der Waals surface area contributed by atoms with Crippen molar-refractivity contribution in [3.63, 3.8) is 0 Å². The molecule has 0 radical (unpaired) electrons. The summed E-state index contributed by atoms with van der Waals surface area (Å²) in [5.41, 5.74) is 2.91. The van der Waals surface area contributed by atoms with Gasteiger partial charge in [0.25, 0.3) is 0 Å². The van der Waals surface area contributed by atoms with Crippen LogP contribution < -0.4 is 0 Å². The lowest BCUT2D eigenvalue weighted by molar-refractivity contribution is -0.132. The number of imidazole rings is 1. The van der Waals surface area contributed by atoms with E-state index in [0.29, 0.717) is 18.5 Å². The number of carboxylic acids is 1. The van der Waals surface area contributed by atoms with Gasteiger partial charge in [0.1, 0.15) is 5.55 Å². The Kier molecular flexibility index (Phi) is 5.07. The SMILES string of the molecule is CSC(Cn1ccnc1)(OC=S)c1cc2c(s1)C=C(C(=O)O)CC2. The normalized spacial score (nSPS) is 16.0. The van der Waals surface area contributed by atoms with E-state index in [1.807, 2.05) is 17.0 Å². The van der Waals surface area contributed by atoms with Crippen molar-refractivity contribution in [3.8, 4) is 0 Å². The zero-order valence-electron chi connectivity index (χ0n) is 13.0. The molecule has 24 heavy (non-hydrogen) atoms. The number of carbonyl (C=O) groups is 1. The summed E-state index contributed by atoms with van der Waals surface area (Å²) in [5.74, 6) is -0.847. The lowest BCUT2D eigenvalue weighted by Crippen LogP contribution is -2.29. The number of fused-ring (bicyclic) bond motifs is 1. The summed E-state index contributed by atoms with van der Waals surface area (Å²) in [6.07, 6.45) is 10.4. The Labute approximate surface area is 153 Å². The van der Waals surface area contributed by atoms with Gasteiger partial charge in [0.05, 0.1) is 17.7 Å². The van der Waals surface area contributed by atoms with Gasteiger partial charge in [-0.25, -0.2) is 9.78 Å². The van der Waals surface area contributed by atoms with E-state index in [0.717, 1.165) is 21.7 Å². The molecule has 2 heterocycles. The van der Waals surface area contributed by atoms with Gasteiger partial charge >= 0.3 is 5.97 Å². The fourth-order valence-electron chi connectivity index (χ4n) is 2.70. The fourth-order valence-corrected chi connectivity index (χ4v) is 5.18. The van der Waals surface area contributed by atoms with E-state index in [1.54, 1.807) is 41.7 Å². The maximum absolute atomic E-state index is 11.2. The van der Waals surface area contributed by atoms with Crippen LogP contribution in [0.15, 0.2) is 30.4 Å². The molecule has 0 spiro atoms. The number of aliphatic carboxylic acids is 1. The van der Waals surface area contributed by atoms with Crippen molar-refractivity contribution in [1.82, 2.24) is 9.55 Å². The maximum atomic E-state index is 11.2. The van der Waals surface area contributed by atoms with Crippen LogP contribution in [0, 0.1) is 0 Å². The van der Waals surface area contributed by atoms with Crippen molar-refractivity contribution in [1.29, 1.82) is 0 Å². The van der Waals surface area contributed by atoms with E-state index < -0.39 is 10.9 Å². The highest BCUT2D eigenvalue weighted by molar-refractivity contribution is 7.99. The van der Waals surface area contributed by atoms with Crippen molar-refractivity contribution in [3.05, 3.63) is 45.7 Å². The fraction of sp³-hybridized carbons (Fsp3) is 0.312. The summed E-state index contributed by atoms with van der Waals surface area (Å²) >= 11 is 8.09. The van der Waals surface area contributed by atoms with Gasteiger partial charge < -0.3 is 14.4 Å². The number of ether oxygens (including phenoxy) is 1. The van der Waals surface area contributed by atoms with Crippen LogP contribution in [0.4, 0.5) is 0 Å². The Morgan fingerprint density at radius 2 is 2.46 bits per heavy atom. The lowest BCUT2D eigenvalue weighted by Gasteiger charge is -2.30. The molecule has 5 nitrogen and oxygen atoms in total. The van der Waals surface area contributed by atoms with Crippen LogP contribution >= 0.6 is 35.3 Å². The second kappa shape index (κ2) is 7.08. The minimum atomic E-state index is -0.847. The first-order valence-corrected chi connectivity index (χ1v) is 9.78. The van der Waals surface area contributed by atoms with Crippen LogP contribution in [0.2, 0.25) is 0 Å². The summed E-state index contributed by atoms with van der Waals surface area (Å²) in [7, 11) is 0. The first-order chi connectivity index (χ1) is 11.6. The molecule has 2 aromatic heterocycles. The van der Waals surface area contributed by atoms with Crippen LogP contribution in [0.5, 0.6) is 0 Å². The molecule has 1 N–H and O–H groups in total. The third-order valence-corrected chi connectivity index (χ3v) is 6.58. The second-order valence-corrected chi connectivity index (χ2v) is 7.72. The summed E-state index contributed by atoms with van der Waals surface area (Å²) in [5, 5.41) is 9.21. The molecule has 0 fully saturated rings. The van der Waals surface area contributed by atoms with Gasteiger partial charge in [-0.2, -0.15) is 0 Å². The van der Waals surface area contributed by atoms with E-state index in [9.17, 15) is 9.90 Å². The van der Waals surface area contributed by atoms with Gasteiger partial charge in [-0.05, 0) is 49.0 Å². The predicted molar refractivity (Wildman–Crippen MR) is 100 cm³/mol. The Hall–Kier alpha value is -1.64.